The number of nitrogens with zero attached hydrogens (tertiary/aromatic N) is 7. The summed E-state index contributed by atoms with van der Waals surface area (Å²) in [5.74, 6) is 0.703. The summed E-state index contributed by atoms with van der Waals surface area (Å²) in [6.45, 7) is 6.20. The minimum atomic E-state index is -1.03. The molecule has 13 aromatic carbocycles. The van der Waals surface area contributed by atoms with E-state index in [9.17, 15) is 33.8 Å². The third kappa shape index (κ3) is 24.9. The zero-order valence-electron chi connectivity index (χ0n) is 79.6. The van der Waals surface area contributed by atoms with Gasteiger partial charge in [-0.05, 0) is 255 Å². The van der Waals surface area contributed by atoms with Crippen LogP contribution in [0.15, 0.2) is 361 Å². The maximum Gasteiger partial charge on any atom is 0.342 e. The van der Waals surface area contributed by atoms with Gasteiger partial charge in [-0.3, -0.25) is 34.9 Å². The Kier molecular flexibility index (Phi) is 37.1. The van der Waals surface area contributed by atoms with Gasteiger partial charge in [0.25, 0.3) is 0 Å². The number of carboxylic acid groups (broad SMARTS) is 1. The van der Waals surface area contributed by atoms with Crippen LogP contribution in [0.2, 0.25) is 0 Å². The summed E-state index contributed by atoms with van der Waals surface area (Å²) in [4.78, 5) is 79.5. The number of halogens is 7. The molecule has 730 valence electrons. The lowest BCUT2D eigenvalue weighted by Crippen LogP contribution is -2.08. The summed E-state index contributed by atoms with van der Waals surface area (Å²) in [7, 11) is 9.35. The highest BCUT2D eigenvalue weighted by atomic mass is 79.9. The van der Waals surface area contributed by atoms with Gasteiger partial charge in [-0.1, -0.05) is 226 Å². The molecule has 0 aliphatic rings. The molecule has 0 unspecified atom stereocenters. The van der Waals surface area contributed by atoms with E-state index >= 15 is 0 Å². The molecule has 0 spiro atoms. The fraction of sp³-hybridized carbons (Fsp3) is 0.112. The summed E-state index contributed by atoms with van der Waals surface area (Å²) < 4.78 is 66.6. The lowest BCUT2D eigenvalue weighted by molar-refractivity contribution is 0.0513. The maximum absolute atomic E-state index is 13.3. The molecule has 7 aromatic heterocycles. The van der Waals surface area contributed by atoms with Crippen LogP contribution >= 0.6 is 95.6 Å². The number of methoxy groups -OCH3 is 6. The molecule has 0 aliphatic heterocycles. The number of aromatic nitrogens is 7. The van der Waals surface area contributed by atoms with Crippen LogP contribution in [0.1, 0.15) is 73.3 Å². The number of benzene rings is 13. The average Bonchev–Trinajstić information content (AvgIpc) is 0.764. The summed E-state index contributed by atoms with van der Waals surface area (Å²) in [6, 6.07) is 92.1. The van der Waals surface area contributed by atoms with Crippen molar-refractivity contribution in [1.29, 1.82) is 0 Å². The van der Waals surface area contributed by atoms with E-state index in [-0.39, 0.29) is 29.5 Å². The van der Waals surface area contributed by atoms with Crippen LogP contribution in [0.3, 0.4) is 0 Å². The van der Waals surface area contributed by atoms with E-state index in [4.69, 9.17) is 42.6 Å². The summed E-state index contributed by atoms with van der Waals surface area (Å²) in [5, 5.41) is 25.7. The van der Waals surface area contributed by atoms with Crippen molar-refractivity contribution >= 4 is 196 Å². The van der Waals surface area contributed by atoms with Gasteiger partial charge >= 0.3 is 23.9 Å². The van der Waals surface area contributed by atoms with Gasteiger partial charge in [-0.15, -0.1) is 0 Å². The molecule has 29 heteroatoms. The summed E-state index contributed by atoms with van der Waals surface area (Å²) >= 11 is 20.6. The van der Waals surface area contributed by atoms with Crippen LogP contribution in [0.4, 0.5) is 4.39 Å². The minimum absolute atomic E-state index is 0.113. The molecule has 0 radical (unpaired) electrons. The largest absolute Gasteiger partial charge is 0.505 e. The molecule has 22 nitrogen and oxygen atoms in total. The van der Waals surface area contributed by atoms with Crippen molar-refractivity contribution in [2.45, 2.75) is 27.2 Å². The minimum Gasteiger partial charge on any atom is -0.505 e. The lowest BCUT2D eigenvalue weighted by Gasteiger charge is -2.15. The van der Waals surface area contributed by atoms with Crippen molar-refractivity contribution in [3.8, 4) is 95.9 Å². The highest BCUT2D eigenvalue weighted by Crippen LogP contribution is 2.46. The van der Waals surface area contributed by atoms with Crippen LogP contribution < -0.4 is 28.4 Å². The lowest BCUT2D eigenvalue weighted by atomic mass is 9.95. The normalized spacial score (nSPS) is 10.6. The predicted octanol–water partition coefficient (Wildman–Crippen LogP) is 30.3. The van der Waals surface area contributed by atoms with Crippen LogP contribution in [0.5, 0.6) is 40.2 Å². The number of aromatic carboxylic acids is 1. The van der Waals surface area contributed by atoms with E-state index in [0.29, 0.717) is 85.6 Å². The second-order valence-electron chi connectivity index (χ2n) is 31.4. The monoisotopic (exact) mass is 2320 g/mol. The number of phenols is 1. The predicted molar refractivity (Wildman–Crippen MR) is 591 cm³/mol. The number of hydrogen-bond donors (Lipinski definition) is 2. The fourth-order valence-electron chi connectivity index (χ4n) is 16.2. The number of fused-ring (bicyclic) bond motifs is 7. The van der Waals surface area contributed by atoms with Gasteiger partial charge in [-0.25, -0.2) is 23.6 Å². The van der Waals surface area contributed by atoms with E-state index < -0.39 is 23.9 Å². The number of rotatable bonds is 20. The van der Waals surface area contributed by atoms with Crippen molar-refractivity contribution in [2.24, 2.45) is 0 Å². The average molecular weight is 2320 g/mol. The number of aromatic hydroxyl groups is 1. The summed E-state index contributed by atoms with van der Waals surface area (Å²) in [6.07, 6.45) is 12.6. The Balaban J connectivity index is 0.000000136. The third-order valence-electron chi connectivity index (χ3n) is 22.6. The van der Waals surface area contributed by atoms with Gasteiger partial charge < -0.3 is 52.8 Å². The molecular formula is C116H92Br6FN7O15. The molecule has 145 heavy (non-hydrogen) atoms. The Hall–Kier alpha value is -15.0. The first-order chi connectivity index (χ1) is 70.5. The standard InChI is InChI=1S/C26H22FNO3.C19H16BrNO3.C19H17NO3.C17H13NO3.C16H12BrNO.C10H7Br2NO.C9H5Br2NO/c1-3-31-26(29)23-15-21(19-7-5-4-6-8-19)22-14-18(16-28-24(22)25(23)30-2)13-17-9-11-20(27)12-10-17;1-3-24-19(22)16-10-14(12-7-5-4-6-8-12)15-9-13(20)11-21-17(15)18(16)23-2;1-3-23-19(21)16-12-15(13-8-5-4-6-9-13)14-10-7-11-20-17(14)18(16)22-2;1-21-16-14(17(19)20)10-13(11-6-3-2-4-7-11)12-8-5-9-18-15(12)16;1-19-16-14(17)10-13(11-6-3-2-4-7-11)12-8-5-9-18-15(12)16;1-14-10-8(12)5-7(11)6-3-2-4-13-9(6)10;10-6-4-7(11)9(13)8-5(6)2-1-3-12-8/h4-12,14-16H,3,13H2,1-2H3;4-11H,3H2,1-2H3;4-12H,3H2,1-2H3;2-10H,1H3,(H,19,20);2-10H,1H3;2-5H,1H3;1-4,13H. The number of phenolic OH excluding ortho intramolecular Hbond substituents is 1. The number of hydrogen-bond acceptors (Lipinski definition) is 21. The third-order valence-corrected chi connectivity index (χ3v) is 26.1. The van der Waals surface area contributed by atoms with E-state index in [1.54, 1.807) is 109 Å². The molecule has 7 heterocycles. The Morgan fingerprint density at radius 1 is 0.283 bits per heavy atom. The zero-order chi connectivity index (χ0) is 103. The number of esters is 3. The van der Waals surface area contributed by atoms with Crippen molar-refractivity contribution in [2.75, 3.05) is 62.5 Å². The van der Waals surface area contributed by atoms with Crippen LogP contribution in [-0.4, -0.2) is 131 Å². The highest BCUT2D eigenvalue weighted by Gasteiger charge is 2.27. The quantitative estimate of drug-likeness (QED) is 0.0529. The Labute approximate surface area is 885 Å². The zero-order valence-corrected chi connectivity index (χ0v) is 89.1. The van der Waals surface area contributed by atoms with Crippen LogP contribution in [-0.2, 0) is 20.6 Å². The van der Waals surface area contributed by atoms with Gasteiger partial charge in [0.1, 0.15) is 66.7 Å². The van der Waals surface area contributed by atoms with Gasteiger partial charge in [0.15, 0.2) is 40.2 Å². The Bertz CT molecular complexity index is 8060. The Morgan fingerprint density at radius 3 is 0.938 bits per heavy atom. The van der Waals surface area contributed by atoms with E-state index in [2.05, 4.69) is 155 Å². The number of carbonyl (C=O) groups is 4. The topological polar surface area (TPSA) is 282 Å². The number of carboxylic acids is 1. The number of ether oxygens (including phenoxy) is 9. The van der Waals surface area contributed by atoms with Gasteiger partial charge in [-0.2, -0.15) is 0 Å². The second-order valence-corrected chi connectivity index (χ2v) is 36.6. The molecule has 0 atom stereocenters. The first-order valence-corrected chi connectivity index (χ1v) is 49.9. The molecule has 0 saturated heterocycles. The second kappa shape index (κ2) is 50.8. The van der Waals surface area contributed by atoms with Crippen molar-refractivity contribution in [3.05, 3.63) is 401 Å². The first-order valence-electron chi connectivity index (χ1n) is 45.1. The highest BCUT2D eigenvalue weighted by molar-refractivity contribution is 9.11. The molecule has 0 saturated carbocycles. The molecule has 0 fully saturated rings. The first kappa shape index (κ1) is 106. The van der Waals surface area contributed by atoms with Crippen LogP contribution in [0, 0.1) is 5.82 Å². The summed E-state index contributed by atoms with van der Waals surface area (Å²) in [5.41, 5.74) is 17.7. The van der Waals surface area contributed by atoms with Crippen molar-refractivity contribution in [1.82, 2.24) is 34.9 Å². The van der Waals surface area contributed by atoms with Crippen LogP contribution in [0.25, 0.3) is 132 Å². The van der Waals surface area contributed by atoms with Crippen molar-refractivity contribution < 1.29 is 76.4 Å². The van der Waals surface area contributed by atoms with Gasteiger partial charge in [0.05, 0.1) is 75.9 Å². The Morgan fingerprint density at radius 2 is 0.572 bits per heavy atom. The molecule has 0 bridgehead atoms. The number of pyridine rings is 7. The maximum atomic E-state index is 13.3. The number of carbonyl (C=O) groups excluding carboxylic acids is 3. The van der Waals surface area contributed by atoms with Gasteiger partial charge in [0.2, 0.25) is 0 Å². The van der Waals surface area contributed by atoms with E-state index in [1.807, 2.05) is 224 Å². The SMILES string of the molecule is CCOC(=O)c1cc(-c2ccccc2)c2cc(Br)cnc2c1OC.CCOC(=O)c1cc(-c2ccccc2)c2cc(Cc3ccc(F)cc3)cnc2c1OC.CCOC(=O)c1cc(-c2ccccc2)c2cccnc2c1OC.COc1c(Br)cc(-c2ccccc2)c2cccnc12.COc1c(Br)cc(Br)c2cccnc12.COc1c(C(=O)O)cc(-c2ccccc2)c2cccnc12.Oc1c(Br)cc(Br)c2cccnc12. The molecule has 0 aliphatic carbocycles. The van der Waals surface area contributed by atoms with Crippen molar-refractivity contribution in [3.63, 3.8) is 0 Å². The molecule has 20 aromatic rings. The van der Waals surface area contributed by atoms with E-state index in [0.717, 1.165) is 144 Å². The van der Waals surface area contributed by atoms with E-state index in [1.165, 1.54) is 46.1 Å². The molecule has 0 amide bonds. The molecule has 2 N–H and O–H groups in total. The molecular weight excluding hydrogens is 2230 g/mol. The molecule has 20 rings (SSSR count). The smallest absolute Gasteiger partial charge is 0.342 e. The fourth-order valence-corrected chi connectivity index (χ4v) is 19.8. The van der Waals surface area contributed by atoms with Gasteiger partial charge in [0, 0.05) is 94.5 Å².